The Morgan fingerprint density at radius 2 is 1.67 bits per heavy atom. The van der Waals surface area contributed by atoms with Crippen molar-refractivity contribution in [3.63, 3.8) is 0 Å². The van der Waals surface area contributed by atoms with Gasteiger partial charge in [0.15, 0.2) is 0 Å². The van der Waals surface area contributed by atoms with E-state index in [2.05, 4.69) is 38.1 Å². The van der Waals surface area contributed by atoms with Gasteiger partial charge < -0.3 is 4.90 Å². The van der Waals surface area contributed by atoms with Crippen LogP contribution >= 0.6 is 12.4 Å². The summed E-state index contributed by atoms with van der Waals surface area (Å²) in [5.41, 5.74) is 0. The number of hydrogen-bond acceptors (Lipinski definition) is 1. The molecule has 0 aliphatic rings. The maximum Gasteiger partial charge on any atom is 0.000980 e. The molecule has 12 heavy (non-hydrogen) atoms. The molecule has 0 saturated heterocycles. The molecule has 0 amide bonds. The van der Waals surface area contributed by atoms with Gasteiger partial charge >= 0.3 is 0 Å². The van der Waals surface area contributed by atoms with Gasteiger partial charge in [0.1, 0.15) is 0 Å². The van der Waals surface area contributed by atoms with Gasteiger partial charge in [-0.3, -0.25) is 0 Å². The topological polar surface area (TPSA) is 3.24 Å². The van der Waals surface area contributed by atoms with E-state index < -0.39 is 0 Å². The van der Waals surface area contributed by atoms with Crippen LogP contribution in [-0.2, 0) is 0 Å². The Bertz CT molecular complexity index is 100. The van der Waals surface area contributed by atoms with Gasteiger partial charge in [0, 0.05) is 6.54 Å². The lowest BCUT2D eigenvalue weighted by molar-refractivity contribution is 0.417. The first-order valence-electron chi connectivity index (χ1n) is 4.57. The van der Waals surface area contributed by atoms with Gasteiger partial charge in [0.25, 0.3) is 0 Å². The van der Waals surface area contributed by atoms with Crippen LogP contribution in [0.15, 0.2) is 12.2 Å². The molecule has 0 fully saturated rings. The molecule has 2 heteroatoms. The summed E-state index contributed by atoms with van der Waals surface area (Å²) in [6, 6.07) is 0. The van der Waals surface area contributed by atoms with Gasteiger partial charge in [-0.2, -0.15) is 0 Å². The highest BCUT2D eigenvalue weighted by molar-refractivity contribution is 5.85. The first kappa shape index (κ1) is 14.5. The van der Waals surface area contributed by atoms with Crippen LogP contribution in [0.2, 0.25) is 0 Å². The quantitative estimate of drug-likeness (QED) is 0.461. The molecule has 0 aromatic rings. The molecule has 0 radical (unpaired) electrons. The third-order valence-corrected chi connectivity index (χ3v) is 1.63. The monoisotopic (exact) mass is 191 g/mol. The second-order valence-corrected chi connectivity index (χ2v) is 3.21. The Labute approximate surface area is 83.2 Å². The smallest absolute Gasteiger partial charge is 0.000980 e. The molecule has 0 atom stereocenters. The standard InChI is InChI=1S/C10H21N.ClH/c1-4-5-6-7-8-9-10-11(2)3;/h7-8H,4-6,9-10H2,1-3H3;1H. The van der Waals surface area contributed by atoms with Crippen molar-refractivity contribution in [2.45, 2.75) is 32.6 Å². The molecule has 1 nitrogen and oxygen atoms in total. The lowest BCUT2D eigenvalue weighted by Crippen LogP contribution is -2.11. The summed E-state index contributed by atoms with van der Waals surface area (Å²) < 4.78 is 0. The van der Waals surface area contributed by atoms with Crippen LogP contribution in [-0.4, -0.2) is 25.5 Å². The average molecular weight is 192 g/mol. The van der Waals surface area contributed by atoms with E-state index in [1.54, 1.807) is 0 Å². The van der Waals surface area contributed by atoms with E-state index in [9.17, 15) is 0 Å². The van der Waals surface area contributed by atoms with Crippen LogP contribution in [0.3, 0.4) is 0 Å². The summed E-state index contributed by atoms with van der Waals surface area (Å²) >= 11 is 0. The fourth-order valence-corrected chi connectivity index (χ4v) is 0.890. The first-order valence-corrected chi connectivity index (χ1v) is 4.57. The van der Waals surface area contributed by atoms with E-state index >= 15 is 0 Å². The molecular weight excluding hydrogens is 170 g/mol. The largest absolute Gasteiger partial charge is 0.309 e. The van der Waals surface area contributed by atoms with Crippen LogP contribution in [0.1, 0.15) is 32.6 Å². The van der Waals surface area contributed by atoms with E-state index in [4.69, 9.17) is 0 Å². The first-order chi connectivity index (χ1) is 5.27. The molecule has 0 N–H and O–H groups in total. The van der Waals surface area contributed by atoms with E-state index in [1.807, 2.05) is 0 Å². The Morgan fingerprint density at radius 1 is 1.08 bits per heavy atom. The summed E-state index contributed by atoms with van der Waals surface area (Å²) in [6.07, 6.45) is 9.67. The Hall–Kier alpha value is -0.0100. The minimum atomic E-state index is 0. The minimum Gasteiger partial charge on any atom is -0.309 e. The zero-order valence-corrected chi connectivity index (χ0v) is 9.36. The molecule has 0 bridgehead atoms. The SMILES string of the molecule is CCCCC=CCCN(C)C.Cl. The number of hydrogen-bond donors (Lipinski definition) is 0. The van der Waals surface area contributed by atoms with Crippen LogP contribution in [0, 0.1) is 0 Å². The number of allylic oxidation sites excluding steroid dienone is 1. The van der Waals surface area contributed by atoms with Crippen molar-refractivity contribution in [1.82, 2.24) is 4.90 Å². The predicted molar refractivity (Wildman–Crippen MR) is 59.1 cm³/mol. The minimum absolute atomic E-state index is 0. The molecular formula is C10H22ClN. The van der Waals surface area contributed by atoms with Crippen molar-refractivity contribution in [3.05, 3.63) is 12.2 Å². The molecule has 0 rings (SSSR count). The van der Waals surface area contributed by atoms with Crippen LogP contribution in [0.25, 0.3) is 0 Å². The molecule has 0 spiro atoms. The Balaban J connectivity index is 0. The number of halogens is 1. The van der Waals surface area contributed by atoms with E-state index in [0.717, 1.165) is 0 Å². The average Bonchev–Trinajstić information content (AvgIpc) is 1.96. The summed E-state index contributed by atoms with van der Waals surface area (Å²) in [5.74, 6) is 0. The lowest BCUT2D eigenvalue weighted by atomic mass is 10.2. The number of unbranched alkanes of at least 4 members (excludes halogenated alkanes) is 2. The van der Waals surface area contributed by atoms with Gasteiger partial charge in [-0.05, 0) is 26.9 Å². The third kappa shape index (κ3) is 12.6. The molecule has 74 valence electrons. The van der Waals surface area contributed by atoms with Crippen molar-refractivity contribution in [2.24, 2.45) is 0 Å². The van der Waals surface area contributed by atoms with E-state index in [-0.39, 0.29) is 12.4 Å². The molecule has 0 aliphatic heterocycles. The van der Waals surface area contributed by atoms with E-state index in [0.29, 0.717) is 0 Å². The Morgan fingerprint density at radius 3 is 2.17 bits per heavy atom. The third-order valence-electron chi connectivity index (χ3n) is 1.63. The van der Waals surface area contributed by atoms with Gasteiger partial charge in [-0.25, -0.2) is 0 Å². The second-order valence-electron chi connectivity index (χ2n) is 3.21. The van der Waals surface area contributed by atoms with Gasteiger partial charge in [0.2, 0.25) is 0 Å². The van der Waals surface area contributed by atoms with Crippen LogP contribution in [0.5, 0.6) is 0 Å². The van der Waals surface area contributed by atoms with Crippen molar-refractivity contribution in [2.75, 3.05) is 20.6 Å². The van der Waals surface area contributed by atoms with Crippen molar-refractivity contribution < 1.29 is 0 Å². The molecule has 0 unspecified atom stereocenters. The highest BCUT2D eigenvalue weighted by Crippen LogP contribution is 1.96. The molecule has 0 aliphatic carbocycles. The van der Waals surface area contributed by atoms with Crippen LogP contribution in [0.4, 0.5) is 0 Å². The maximum atomic E-state index is 2.30. The molecule has 0 saturated carbocycles. The lowest BCUT2D eigenvalue weighted by Gasteiger charge is -2.05. The number of nitrogens with zero attached hydrogens (tertiary/aromatic N) is 1. The number of rotatable bonds is 6. The van der Waals surface area contributed by atoms with Gasteiger partial charge in [-0.15, -0.1) is 12.4 Å². The highest BCUT2D eigenvalue weighted by atomic mass is 35.5. The summed E-state index contributed by atoms with van der Waals surface area (Å²) in [4.78, 5) is 2.21. The summed E-state index contributed by atoms with van der Waals surface area (Å²) in [5, 5.41) is 0. The highest BCUT2D eigenvalue weighted by Gasteiger charge is 1.84. The molecule has 0 aromatic carbocycles. The fourth-order valence-electron chi connectivity index (χ4n) is 0.890. The fraction of sp³-hybridized carbons (Fsp3) is 0.800. The van der Waals surface area contributed by atoms with Crippen molar-refractivity contribution in [1.29, 1.82) is 0 Å². The predicted octanol–water partition coefficient (Wildman–Crippen LogP) is 3.11. The molecule has 0 heterocycles. The zero-order valence-electron chi connectivity index (χ0n) is 8.55. The maximum absolute atomic E-state index is 2.30. The van der Waals surface area contributed by atoms with E-state index in [1.165, 1.54) is 32.2 Å². The van der Waals surface area contributed by atoms with Crippen molar-refractivity contribution >= 4 is 12.4 Å². The van der Waals surface area contributed by atoms with Gasteiger partial charge in [0.05, 0.1) is 0 Å². The zero-order chi connectivity index (χ0) is 8.53. The summed E-state index contributed by atoms with van der Waals surface area (Å²) in [6.45, 7) is 3.40. The normalized spacial score (nSPS) is 10.7. The van der Waals surface area contributed by atoms with Crippen molar-refractivity contribution in [3.8, 4) is 0 Å². The summed E-state index contributed by atoms with van der Waals surface area (Å²) in [7, 11) is 4.22. The van der Waals surface area contributed by atoms with Crippen LogP contribution < -0.4 is 0 Å². The Kier molecular flexibility index (Phi) is 13.3. The second kappa shape index (κ2) is 11.0. The van der Waals surface area contributed by atoms with Gasteiger partial charge in [-0.1, -0.05) is 31.9 Å². The molecule has 0 aromatic heterocycles.